The van der Waals surface area contributed by atoms with Gasteiger partial charge in [0.2, 0.25) is 0 Å². The third-order valence-corrected chi connectivity index (χ3v) is 5.14. The minimum absolute atomic E-state index is 0.0125. The summed E-state index contributed by atoms with van der Waals surface area (Å²) < 4.78 is 0. The minimum atomic E-state index is -0.0125. The van der Waals surface area contributed by atoms with Crippen LogP contribution in [0.3, 0.4) is 0 Å². The first-order chi connectivity index (χ1) is 11.1. The van der Waals surface area contributed by atoms with Crippen LogP contribution in [0.5, 0.6) is 0 Å². The van der Waals surface area contributed by atoms with Crippen molar-refractivity contribution in [2.75, 3.05) is 23.4 Å². The number of amides is 2. The van der Waals surface area contributed by atoms with Gasteiger partial charge in [-0.15, -0.1) is 0 Å². The van der Waals surface area contributed by atoms with Crippen molar-refractivity contribution in [2.45, 2.75) is 19.9 Å². The quantitative estimate of drug-likeness (QED) is 0.873. The summed E-state index contributed by atoms with van der Waals surface area (Å²) in [5, 5.41) is 3.04. The molecule has 1 atom stereocenters. The standard InChI is InChI=1S/C19H22N2OS/c1-14-6-8-16(9-7-14)18-13-23-11-10-21(18)19(22)20-17-5-3-4-15(2)12-17/h3-9,12,18H,10-11,13H2,1-2H3,(H,20,22)/t18-/m0/s1. The van der Waals surface area contributed by atoms with E-state index in [1.807, 2.05) is 47.9 Å². The highest BCUT2D eigenvalue weighted by Gasteiger charge is 2.28. The van der Waals surface area contributed by atoms with Gasteiger partial charge in [-0.1, -0.05) is 42.0 Å². The number of hydrogen-bond acceptors (Lipinski definition) is 2. The Hall–Kier alpha value is -1.94. The summed E-state index contributed by atoms with van der Waals surface area (Å²) in [6, 6.07) is 16.6. The molecule has 2 aromatic rings. The number of nitrogens with one attached hydrogen (secondary N) is 1. The SMILES string of the molecule is Cc1ccc([C@@H]2CSCCN2C(=O)Nc2cccc(C)c2)cc1. The van der Waals surface area contributed by atoms with E-state index in [0.29, 0.717) is 0 Å². The highest BCUT2D eigenvalue weighted by molar-refractivity contribution is 7.99. The van der Waals surface area contributed by atoms with Crippen molar-refractivity contribution in [3.8, 4) is 0 Å². The fourth-order valence-corrected chi connectivity index (χ4v) is 3.92. The maximum atomic E-state index is 12.7. The lowest BCUT2D eigenvalue weighted by atomic mass is 10.1. The first-order valence-electron chi connectivity index (χ1n) is 7.92. The second-order valence-corrected chi connectivity index (χ2v) is 7.14. The lowest BCUT2D eigenvalue weighted by Crippen LogP contribution is -2.43. The summed E-state index contributed by atoms with van der Waals surface area (Å²) >= 11 is 1.91. The molecule has 0 bridgehead atoms. The van der Waals surface area contributed by atoms with Crippen LogP contribution in [-0.2, 0) is 0 Å². The predicted octanol–water partition coefficient (Wildman–Crippen LogP) is 4.63. The van der Waals surface area contributed by atoms with Crippen LogP contribution >= 0.6 is 11.8 Å². The fourth-order valence-electron chi connectivity index (χ4n) is 2.83. The van der Waals surface area contributed by atoms with Gasteiger partial charge in [-0.25, -0.2) is 4.79 Å². The molecule has 2 amide bonds. The van der Waals surface area contributed by atoms with Crippen LogP contribution in [0.1, 0.15) is 22.7 Å². The highest BCUT2D eigenvalue weighted by Crippen LogP contribution is 2.30. The Bertz CT molecular complexity index is 684. The summed E-state index contributed by atoms with van der Waals surface area (Å²) in [6.45, 7) is 4.89. The van der Waals surface area contributed by atoms with Gasteiger partial charge in [0.1, 0.15) is 0 Å². The molecule has 1 aliphatic heterocycles. The van der Waals surface area contributed by atoms with Crippen LogP contribution in [0.25, 0.3) is 0 Å². The molecule has 1 heterocycles. The zero-order chi connectivity index (χ0) is 16.2. The van der Waals surface area contributed by atoms with Gasteiger partial charge in [0.25, 0.3) is 0 Å². The average molecular weight is 326 g/mol. The monoisotopic (exact) mass is 326 g/mol. The fraction of sp³-hybridized carbons (Fsp3) is 0.316. The number of rotatable bonds is 2. The topological polar surface area (TPSA) is 32.3 Å². The molecule has 4 heteroatoms. The molecule has 0 aliphatic carbocycles. The molecular weight excluding hydrogens is 304 g/mol. The molecule has 0 radical (unpaired) electrons. The van der Waals surface area contributed by atoms with Crippen LogP contribution in [-0.4, -0.2) is 29.0 Å². The van der Waals surface area contributed by atoms with E-state index in [1.165, 1.54) is 11.1 Å². The molecule has 1 aliphatic rings. The summed E-state index contributed by atoms with van der Waals surface area (Å²) in [5.41, 5.74) is 4.46. The molecule has 0 unspecified atom stereocenters. The van der Waals surface area contributed by atoms with Gasteiger partial charge in [-0.2, -0.15) is 11.8 Å². The van der Waals surface area contributed by atoms with Crippen LogP contribution < -0.4 is 5.32 Å². The molecule has 1 fully saturated rings. The van der Waals surface area contributed by atoms with E-state index in [2.05, 4.69) is 36.5 Å². The molecule has 1 N–H and O–H groups in total. The van der Waals surface area contributed by atoms with Crippen LogP contribution in [0.4, 0.5) is 10.5 Å². The smallest absolute Gasteiger partial charge is 0.316 e. The van der Waals surface area contributed by atoms with Crippen LogP contribution in [0.2, 0.25) is 0 Å². The van der Waals surface area contributed by atoms with Gasteiger partial charge < -0.3 is 10.2 Å². The molecule has 3 nitrogen and oxygen atoms in total. The Morgan fingerprint density at radius 2 is 1.91 bits per heavy atom. The number of benzene rings is 2. The number of thioether (sulfide) groups is 1. The van der Waals surface area contributed by atoms with Gasteiger partial charge in [0, 0.05) is 23.7 Å². The second-order valence-electron chi connectivity index (χ2n) is 5.99. The van der Waals surface area contributed by atoms with Crippen molar-refractivity contribution in [2.24, 2.45) is 0 Å². The molecular formula is C19H22N2OS. The molecule has 2 aromatic carbocycles. The van der Waals surface area contributed by atoms with Crippen LogP contribution in [0, 0.1) is 13.8 Å². The van der Waals surface area contributed by atoms with Crippen LogP contribution in [0.15, 0.2) is 48.5 Å². The Kier molecular flexibility index (Phi) is 4.91. The molecule has 1 saturated heterocycles. The minimum Gasteiger partial charge on any atom is -0.316 e. The molecule has 0 saturated carbocycles. The number of carbonyl (C=O) groups is 1. The summed E-state index contributed by atoms with van der Waals surface area (Å²) in [7, 11) is 0. The maximum Gasteiger partial charge on any atom is 0.322 e. The van der Waals surface area contributed by atoms with Crippen molar-refractivity contribution >= 4 is 23.5 Å². The Balaban J connectivity index is 1.77. The average Bonchev–Trinajstić information content (AvgIpc) is 2.55. The van der Waals surface area contributed by atoms with Crippen molar-refractivity contribution in [3.05, 3.63) is 65.2 Å². The molecule has 3 rings (SSSR count). The third-order valence-electron chi connectivity index (χ3n) is 4.12. The van der Waals surface area contributed by atoms with Crippen molar-refractivity contribution in [1.82, 2.24) is 4.90 Å². The van der Waals surface area contributed by atoms with E-state index >= 15 is 0 Å². The van der Waals surface area contributed by atoms with E-state index in [4.69, 9.17) is 0 Å². The van der Waals surface area contributed by atoms with Gasteiger partial charge in [-0.3, -0.25) is 0 Å². The van der Waals surface area contributed by atoms with Crippen molar-refractivity contribution in [1.29, 1.82) is 0 Å². The summed E-state index contributed by atoms with van der Waals surface area (Å²) in [4.78, 5) is 14.7. The largest absolute Gasteiger partial charge is 0.322 e. The Labute approximate surface area is 142 Å². The summed E-state index contributed by atoms with van der Waals surface area (Å²) in [5.74, 6) is 1.94. The molecule has 120 valence electrons. The number of carbonyl (C=O) groups excluding carboxylic acids is 1. The van der Waals surface area contributed by atoms with Gasteiger partial charge in [0.15, 0.2) is 0 Å². The van der Waals surface area contributed by atoms with Crippen molar-refractivity contribution < 1.29 is 4.79 Å². The van der Waals surface area contributed by atoms with Gasteiger partial charge in [-0.05, 0) is 37.1 Å². The lowest BCUT2D eigenvalue weighted by molar-refractivity contribution is 0.196. The van der Waals surface area contributed by atoms with Gasteiger partial charge in [0.05, 0.1) is 6.04 Å². The summed E-state index contributed by atoms with van der Waals surface area (Å²) in [6.07, 6.45) is 0. The molecule has 23 heavy (non-hydrogen) atoms. The molecule has 0 aromatic heterocycles. The van der Waals surface area contributed by atoms with E-state index in [1.54, 1.807) is 0 Å². The second kappa shape index (κ2) is 7.09. The third kappa shape index (κ3) is 3.88. The zero-order valence-corrected chi connectivity index (χ0v) is 14.4. The Morgan fingerprint density at radius 1 is 1.13 bits per heavy atom. The zero-order valence-electron chi connectivity index (χ0n) is 13.6. The first-order valence-corrected chi connectivity index (χ1v) is 9.07. The van der Waals surface area contributed by atoms with E-state index in [0.717, 1.165) is 29.3 Å². The normalized spacial score (nSPS) is 17.8. The number of aryl methyl sites for hydroxylation is 2. The number of nitrogens with zero attached hydrogens (tertiary/aromatic N) is 1. The highest BCUT2D eigenvalue weighted by atomic mass is 32.2. The Morgan fingerprint density at radius 3 is 2.65 bits per heavy atom. The predicted molar refractivity (Wildman–Crippen MR) is 98.1 cm³/mol. The number of anilines is 1. The maximum absolute atomic E-state index is 12.7. The van der Waals surface area contributed by atoms with E-state index < -0.39 is 0 Å². The number of urea groups is 1. The van der Waals surface area contributed by atoms with Gasteiger partial charge >= 0.3 is 6.03 Å². The van der Waals surface area contributed by atoms with E-state index in [9.17, 15) is 4.79 Å². The number of hydrogen-bond donors (Lipinski definition) is 1. The molecule has 0 spiro atoms. The van der Waals surface area contributed by atoms with E-state index in [-0.39, 0.29) is 12.1 Å². The lowest BCUT2D eigenvalue weighted by Gasteiger charge is -2.35. The first kappa shape index (κ1) is 15.9. The van der Waals surface area contributed by atoms with Crippen molar-refractivity contribution in [3.63, 3.8) is 0 Å².